The zero-order chi connectivity index (χ0) is 10.1. The van der Waals surface area contributed by atoms with E-state index in [0.717, 1.165) is 5.57 Å². The molecule has 0 amide bonds. The fourth-order valence-electron chi connectivity index (χ4n) is 1.98. The zero-order valence-electron chi connectivity index (χ0n) is 8.03. The van der Waals surface area contributed by atoms with Crippen molar-refractivity contribution in [1.29, 1.82) is 0 Å². The molecule has 3 heteroatoms. The summed E-state index contributed by atoms with van der Waals surface area (Å²) in [6.45, 7) is 5.73. The summed E-state index contributed by atoms with van der Waals surface area (Å²) in [6.07, 6.45) is 0.583. The minimum atomic E-state index is -0.517. The predicted octanol–water partition coefficient (Wildman–Crippen LogP) is 0.304. The lowest BCUT2D eigenvalue weighted by molar-refractivity contribution is -0.0101. The molecule has 0 heterocycles. The summed E-state index contributed by atoms with van der Waals surface area (Å²) < 4.78 is 0. The van der Waals surface area contributed by atoms with Crippen molar-refractivity contribution >= 4 is 0 Å². The highest BCUT2D eigenvalue weighted by atomic mass is 16.3. The Kier molecular flexibility index (Phi) is 3.11. The molecule has 0 aromatic carbocycles. The highest BCUT2D eigenvalue weighted by molar-refractivity contribution is 5.11. The van der Waals surface area contributed by atoms with Crippen LogP contribution in [0.25, 0.3) is 0 Å². The smallest absolute Gasteiger partial charge is 0.0751 e. The zero-order valence-corrected chi connectivity index (χ0v) is 8.03. The average molecular weight is 186 g/mol. The maximum absolute atomic E-state index is 9.51. The third-order valence-electron chi connectivity index (χ3n) is 3.18. The van der Waals surface area contributed by atoms with E-state index in [2.05, 4.69) is 6.58 Å². The number of aliphatic hydroxyl groups excluding tert-OH is 3. The molecule has 0 bridgehead atoms. The van der Waals surface area contributed by atoms with Gasteiger partial charge in [0.15, 0.2) is 0 Å². The van der Waals surface area contributed by atoms with Gasteiger partial charge < -0.3 is 15.3 Å². The summed E-state index contributed by atoms with van der Waals surface area (Å²) in [7, 11) is 0. The van der Waals surface area contributed by atoms with E-state index >= 15 is 0 Å². The molecule has 1 rings (SSSR count). The molecule has 0 aromatic rings. The highest BCUT2D eigenvalue weighted by Gasteiger charge is 2.40. The monoisotopic (exact) mass is 186 g/mol. The Bertz CT molecular complexity index is 202. The first-order valence-corrected chi connectivity index (χ1v) is 4.61. The lowest BCUT2D eigenvalue weighted by Gasteiger charge is -2.42. The second-order valence-electron chi connectivity index (χ2n) is 4.28. The van der Waals surface area contributed by atoms with Crippen LogP contribution in [0.5, 0.6) is 0 Å². The van der Waals surface area contributed by atoms with Crippen molar-refractivity contribution in [1.82, 2.24) is 0 Å². The standard InChI is InChI=1S/C10H18O3/c1-7-4-10(2,6-12)8(5-11)3-9(7)13/h8-9,11-13H,1,3-6H2,2H3. The van der Waals surface area contributed by atoms with Gasteiger partial charge in [0.05, 0.1) is 6.10 Å². The molecule has 0 aromatic heterocycles. The molecular formula is C10H18O3. The van der Waals surface area contributed by atoms with Crippen LogP contribution in [0.1, 0.15) is 19.8 Å². The first-order valence-electron chi connectivity index (χ1n) is 4.61. The van der Waals surface area contributed by atoms with Gasteiger partial charge in [-0.3, -0.25) is 0 Å². The summed E-state index contributed by atoms with van der Waals surface area (Å²) in [4.78, 5) is 0. The summed E-state index contributed by atoms with van der Waals surface area (Å²) in [5.41, 5.74) is 0.451. The fraction of sp³-hybridized carbons (Fsp3) is 0.800. The number of rotatable bonds is 2. The van der Waals surface area contributed by atoms with E-state index in [-0.39, 0.29) is 24.5 Å². The van der Waals surface area contributed by atoms with Crippen molar-refractivity contribution in [3.05, 3.63) is 12.2 Å². The molecule has 0 radical (unpaired) electrons. The number of hydrogen-bond donors (Lipinski definition) is 3. The Labute approximate surface area is 78.7 Å². The Morgan fingerprint density at radius 2 is 2.15 bits per heavy atom. The molecule has 3 unspecified atom stereocenters. The van der Waals surface area contributed by atoms with Crippen molar-refractivity contribution in [2.24, 2.45) is 11.3 Å². The summed E-state index contributed by atoms with van der Waals surface area (Å²) in [6, 6.07) is 0. The van der Waals surface area contributed by atoms with E-state index in [1.54, 1.807) is 0 Å². The van der Waals surface area contributed by atoms with Crippen LogP contribution in [0.4, 0.5) is 0 Å². The van der Waals surface area contributed by atoms with Crippen LogP contribution in [-0.4, -0.2) is 34.6 Å². The molecule has 13 heavy (non-hydrogen) atoms. The molecule has 3 N–H and O–H groups in total. The molecule has 3 nitrogen and oxygen atoms in total. The molecule has 1 aliphatic rings. The normalized spacial score (nSPS) is 40.8. The van der Waals surface area contributed by atoms with E-state index in [0.29, 0.717) is 12.8 Å². The van der Waals surface area contributed by atoms with Crippen molar-refractivity contribution in [2.75, 3.05) is 13.2 Å². The summed E-state index contributed by atoms with van der Waals surface area (Å²) >= 11 is 0. The Balaban J connectivity index is 2.78. The van der Waals surface area contributed by atoms with Crippen molar-refractivity contribution in [3.8, 4) is 0 Å². The fourth-order valence-corrected chi connectivity index (χ4v) is 1.98. The molecule has 3 atom stereocenters. The maximum atomic E-state index is 9.51. The van der Waals surface area contributed by atoms with Crippen LogP contribution in [0.15, 0.2) is 12.2 Å². The third kappa shape index (κ3) is 1.93. The van der Waals surface area contributed by atoms with Gasteiger partial charge in [0.1, 0.15) is 0 Å². The van der Waals surface area contributed by atoms with Gasteiger partial charge in [0.25, 0.3) is 0 Å². The molecule has 0 aliphatic heterocycles. The lowest BCUT2D eigenvalue weighted by atomic mass is 9.66. The van der Waals surface area contributed by atoms with Crippen LogP contribution in [0.2, 0.25) is 0 Å². The van der Waals surface area contributed by atoms with Crippen LogP contribution >= 0.6 is 0 Å². The van der Waals surface area contributed by atoms with E-state index < -0.39 is 6.10 Å². The molecule has 1 saturated carbocycles. The van der Waals surface area contributed by atoms with Crippen LogP contribution in [0.3, 0.4) is 0 Å². The summed E-state index contributed by atoms with van der Waals surface area (Å²) in [5.74, 6) is -0.0296. The molecular weight excluding hydrogens is 168 g/mol. The van der Waals surface area contributed by atoms with Crippen LogP contribution < -0.4 is 0 Å². The van der Waals surface area contributed by atoms with Gasteiger partial charge in [-0.2, -0.15) is 0 Å². The summed E-state index contributed by atoms with van der Waals surface area (Å²) in [5, 5.41) is 27.8. The van der Waals surface area contributed by atoms with E-state index in [9.17, 15) is 10.2 Å². The van der Waals surface area contributed by atoms with Gasteiger partial charge in [0, 0.05) is 13.2 Å². The number of hydrogen-bond acceptors (Lipinski definition) is 3. The molecule has 0 spiro atoms. The van der Waals surface area contributed by atoms with Gasteiger partial charge in [-0.05, 0) is 29.7 Å². The van der Waals surface area contributed by atoms with Crippen molar-refractivity contribution in [2.45, 2.75) is 25.9 Å². The van der Waals surface area contributed by atoms with E-state index in [4.69, 9.17) is 5.11 Å². The quantitative estimate of drug-likeness (QED) is 0.544. The van der Waals surface area contributed by atoms with Gasteiger partial charge in [-0.25, -0.2) is 0 Å². The first kappa shape index (κ1) is 10.7. The first-order chi connectivity index (χ1) is 6.03. The van der Waals surface area contributed by atoms with Gasteiger partial charge >= 0.3 is 0 Å². The van der Waals surface area contributed by atoms with Gasteiger partial charge in [-0.15, -0.1) is 0 Å². The molecule has 0 saturated heterocycles. The Hall–Kier alpha value is -0.380. The maximum Gasteiger partial charge on any atom is 0.0751 e. The predicted molar refractivity (Wildman–Crippen MR) is 50.1 cm³/mol. The van der Waals surface area contributed by atoms with Crippen molar-refractivity contribution in [3.63, 3.8) is 0 Å². The van der Waals surface area contributed by atoms with Crippen LogP contribution in [0, 0.1) is 11.3 Å². The van der Waals surface area contributed by atoms with Crippen molar-refractivity contribution < 1.29 is 15.3 Å². The van der Waals surface area contributed by atoms with Gasteiger partial charge in [0.2, 0.25) is 0 Å². The topological polar surface area (TPSA) is 60.7 Å². The van der Waals surface area contributed by atoms with Gasteiger partial charge in [-0.1, -0.05) is 13.5 Å². The second kappa shape index (κ2) is 3.78. The average Bonchev–Trinajstić information content (AvgIpc) is 2.11. The largest absolute Gasteiger partial charge is 0.396 e. The minimum absolute atomic E-state index is 0.0153. The number of aliphatic hydroxyl groups is 3. The Morgan fingerprint density at radius 1 is 1.54 bits per heavy atom. The molecule has 1 aliphatic carbocycles. The molecule has 1 fully saturated rings. The second-order valence-corrected chi connectivity index (χ2v) is 4.28. The highest BCUT2D eigenvalue weighted by Crippen LogP contribution is 2.42. The van der Waals surface area contributed by atoms with E-state index in [1.807, 2.05) is 6.92 Å². The third-order valence-corrected chi connectivity index (χ3v) is 3.18. The SMILES string of the molecule is C=C1CC(C)(CO)C(CO)CC1O. The molecule has 76 valence electrons. The van der Waals surface area contributed by atoms with E-state index in [1.165, 1.54) is 0 Å². The lowest BCUT2D eigenvalue weighted by Crippen LogP contribution is -2.41. The minimum Gasteiger partial charge on any atom is -0.396 e. The Morgan fingerprint density at radius 3 is 2.62 bits per heavy atom. The van der Waals surface area contributed by atoms with Crippen LogP contribution in [-0.2, 0) is 0 Å².